The Morgan fingerprint density at radius 1 is 1.40 bits per heavy atom. The van der Waals surface area contributed by atoms with E-state index in [1.54, 1.807) is 24.3 Å². The van der Waals surface area contributed by atoms with E-state index in [0.29, 0.717) is 30.1 Å². The minimum Gasteiger partial charge on any atom is -0.357 e. The van der Waals surface area contributed by atoms with Gasteiger partial charge in [0.2, 0.25) is 6.41 Å². The van der Waals surface area contributed by atoms with Gasteiger partial charge in [0.15, 0.2) is 0 Å². The van der Waals surface area contributed by atoms with Gasteiger partial charge in [-0.05, 0) is 18.2 Å². The number of carbonyl (C=O) groups excluding carboxylic acids is 2. The fraction of sp³-hybridized carbons (Fsp3) is 0.200. The monoisotopic (exact) mass is 226 g/mol. The number of hydrogen-bond acceptors (Lipinski definition) is 2. The lowest BCUT2D eigenvalue weighted by Gasteiger charge is -2.04. The zero-order chi connectivity index (χ0) is 11.1. The van der Waals surface area contributed by atoms with Crippen LogP contribution in [0.2, 0.25) is 5.02 Å². The van der Waals surface area contributed by atoms with E-state index < -0.39 is 0 Å². The summed E-state index contributed by atoms with van der Waals surface area (Å²) in [6.07, 6.45) is 0.589. The van der Waals surface area contributed by atoms with E-state index >= 15 is 0 Å². The van der Waals surface area contributed by atoms with Gasteiger partial charge in [-0.1, -0.05) is 17.7 Å². The Balaban J connectivity index is 2.43. The summed E-state index contributed by atoms with van der Waals surface area (Å²) in [6, 6.07) is 6.67. The molecule has 2 N–H and O–H groups in total. The van der Waals surface area contributed by atoms with Crippen LogP contribution < -0.4 is 10.6 Å². The molecule has 0 heterocycles. The van der Waals surface area contributed by atoms with Crippen molar-refractivity contribution in [3.8, 4) is 0 Å². The maximum atomic E-state index is 11.5. The van der Waals surface area contributed by atoms with Crippen LogP contribution in [-0.2, 0) is 4.79 Å². The third-order valence-electron chi connectivity index (χ3n) is 1.73. The first-order valence-corrected chi connectivity index (χ1v) is 4.82. The molecule has 0 aliphatic rings. The smallest absolute Gasteiger partial charge is 0.251 e. The van der Waals surface area contributed by atoms with E-state index in [9.17, 15) is 9.59 Å². The number of benzene rings is 1. The number of halogens is 1. The van der Waals surface area contributed by atoms with Crippen LogP contribution in [0.25, 0.3) is 0 Å². The Labute approximate surface area is 92.6 Å². The van der Waals surface area contributed by atoms with Crippen molar-refractivity contribution in [1.82, 2.24) is 10.6 Å². The molecule has 80 valence electrons. The van der Waals surface area contributed by atoms with Crippen LogP contribution in [0.3, 0.4) is 0 Å². The minimum absolute atomic E-state index is 0.204. The van der Waals surface area contributed by atoms with Gasteiger partial charge in [-0.3, -0.25) is 9.59 Å². The highest BCUT2D eigenvalue weighted by molar-refractivity contribution is 6.30. The van der Waals surface area contributed by atoms with Gasteiger partial charge in [-0.2, -0.15) is 0 Å². The van der Waals surface area contributed by atoms with Crippen molar-refractivity contribution >= 4 is 23.9 Å². The van der Waals surface area contributed by atoms with Crippen LogP contribution in [0.15, 0.2) is 24.3 Å². The topological polar surface area (TPSA) is 58.2 Å². The molecule has 1 aromatic rings. The largest absolute Gasteiger partial charge is 0.357 e. The number of amides is 2. The molecule has 0 saturated carbocycles. The Morgan fingerprint density at radius 2 is 2.20 bits per heavy atom. The van der Waals surface area contributed by atoms with Crippen LogP contribution in [-0.4, -0.2) is 25.4 Å². The lowest BCUT2D eigenvalue weighted by atomic mass is 10.2. The summed E-state index contributed by atoms with van der Waals surface area (Å²) in [4.78, 5) is 21.4. The van der Waals surface area contributed by atoms with Crippen LogP contribution >= 0.6 is 11.6 Å². The molecular formula is C10H11ClN2O2. The van der Waals surface area contributed by atoms with Crippen molar-refractivity contribution in [2.45, 2.75) is 0 Å². The van der Waals surface area contributed by atoms with Gasteiger partial charge in [0, 0.05) is 23.7 Å². The molecule has 2 amide bonds. The standard InChI is InChI=1S/C10H11ClN2O2/c11-9-3-1-2-8(6-9)10(15)13-5-4-12-7-14/h1-3,6-7H,4-5H2,(H,12,14)(H,13,15). The Hall–Kier alpha value is -1.55. The molecule has 5 heteroatoms. The molecule has 1 aromatic carbocycles. The third-order valence-corrected chi connectivity index (χ3v) is 1.96. The average molecular weight is 227 g/mol. The van der Waals surface area contributed by atoms with Crippen LogP contribution in [0, 0.1) is 0 Å². The highest BCUT2D eigenvalue weighted by Crippen LogP contribution is 2.10. The predicted octanol–water partition coefficient (Wildman–Crippen LogP) is 0.816. The van der Waals surface area contributed by atoms with Crippen molar-refractivity contribution in [2.24, 2.45) is 0 Å². The fourth-order valence-electron chi connectivity index (χ4n) is 1.04. The molecule has 0 aromatic heterocycles. The van der Waals surface area contributed by atoms with E-state index in [1.165, 1.54) is 0 Å². The molecule has 0 radical (unpaired) electrons. The average Bonchev–Trinajstić information content (AvgIpc) is 2.24. The SMILES string of the molecule is O=CNCCNC(=O)c1cccc(Cl)c1. The number of nitrogens with one attached hydrogen (secondary N) is 2. The summed E-state index contributed by atoms with van der Waals surface area (Å²) in [5, 5.41) is 5.61. The Morgan fingerprint density at radius 3 is 2.87 bits per heavy atom. The molecule has 15 heavy (non-hydrogen) atoms. The van der Waals surface area contributed by atoms with Crippen molar-refractivity contribution in [1.29, 1.82) is 0 Å². The Bertz CT molecular complexity index is 355. The van der Waals surface area contributed by atoms with Crippen LogP contribution in [0.1, 0.15) is 10.4 Å². The van der Waals surface area contributed by atoms with Crippen molar-refractivity contribution < 1.29 is 9.59 Å². The first-order valence-electron chi connectivity index (χ1n) is 4.45. The zero-order valence-corrected chi connectivity index (χ0v) is 8.75. The van der Waals surface area contributed by atoms with Gasteiger partial charge in [-0.25, -0.2) is 0 Å². The van der Waals surface area contributed by atoms with E-state index in [0.717, 1.165) is 0 Å². The highest BCUT2D eigenvalue weighted by atomic mass is 35.5. The van der Waals surface area contributed by atoms with Gasteiger partial charge in [0.05, 0.1) is 0 Å². The number of carbonyl (C=O) groups is 2. The van der Waals surface area contributed by atoms with Gasteiger partial charge < -0.3 is 10.6 Å². The van der Waals surface area contributed by atoms with Crippen molar-refractivity contribution in [2.75, 3.05) is 13.1 Å². The van der Waals surface area contributed by atoms with Gasteiger partial charge in [0.1, 0.15) is 0 Å². The summed E-state index contributed by atoms with van der Waals surface area (Å²) >= 11 is 5.73. The fourth-order valence-corrected chi connectivity index (χ4v) is 1.23. The normalized spacial score (nSPS) is 9.40. The maximum absolute atomic E-state index is 11.5. The maximum Gasteiger partial charge on any atom is 0.251 e. The lowest BCUT2D eigenvalue weighted by Crippen LogP contribution is -2.31. The Kier molecular flexibility index (Phi) is 4.63. The number of hydrogen-bond donors (Lipinski definition) is 2. The van der Waals surface area contributed by atoms with Gasteiger partial charge in [-0.15, -0.1) is 0 Å². The third kappa shape index (κ3) is 3.99. The van der Waals surface area contributed by atoms with E-state index in [2.05, 4.69) is 10.6 Å². The summed E-state index contributed by atoms with van der Waals surface area (Å²) in [5.74, 6) is -0.204. The molecule has 1 rings (SSSR count). The first kappa shape index (κ1) is 11.5. The molecule has 0 atom stereocenters. The van der Waals surface area contributed by atoms with Crippen molar-refractivity contribution in [3.63, 3.8) is 0 Å². The summed E-state index contributed by atoms with van der Waals surface area (Å²) < 4.78 is 0. The van der Waals surface area contributed by atoms with Crippen molar-refractivity contribution in [3.05, 3.63) is 34.9 Å². The second-order valence-corrected chi connectivity index (χ2v) is 3.27. The summed E-state index contributed by atoms with van der Waals surface area (Å²) in [5.41, 5.74) is 0.508. The zero-order valence-electron chi connectivity index (χ0n) is 8.00. The molecule has 0 bridgehead atoms. The van der Waals surface area contributed by atoms with E-state index in [1.807, 2.05) is 0 Å². The highest BCUT2D eigenvalue weighted by Gasteiger charge is 2.03. The summed E-state index contributed by atoms with van der Waals surface area (Å²) in [7, 11) is 0. The second-order valence-electron chi connectivity index (χ2n) is 2.84. The molecule has 0 aliphatic carbocycles. The van der Waals surface area contributed by atoms with Crippen LogP contribution in [0.4, 0.5) is 0 Å². The second kappa shape index (κ2) is 6.03. The van der Waals surface area contributed by atoms with Crippen LogP contribution in [0.5, 0.6) is 0 Å². The predicted molar refractivity (Wildman–Crippen MR) is 57.9 cm³/mol. The quantitative estimate of drug-likeness (QED) is 0.577. The van der Waals surface area contributed by atoms with E-state index in [-0.39, 0.29) is 5.91 Å². The molecule has 4 nitrogen and oxygen atoms in total. The molecule has 0 unspecified atom stereocenters. The molecule has 0 spiro atoms. The molecule has 0 fully saturated rings. The number of rotatable bonds is 5. The summed E-state index contributed by atoms with van der Waals surface area (Å²) in [6.45, 7) is 0.805. The first-order chi connectivity index (χ1) is 7.24. The molecule has 0 saturated heterocycles. The van der Waals surface area contributed by atoms with Gasteiger partial charge in [0.25, 0.3) is 5.91 Å². The molecular weight excluding hydrogens is 216 g/mol. The molecule has 0 aliphatic heterocycles. The van der Waals surface area contributed by atoms with E-state index in [4.69, 9.17) is 11.6 Å². The minimum atomic E-state index is -0.204. The van der Waals surface area contributed by atoms with Gasteiger partial charge >= 0.3 is 0 Å². The lowest BCUT2D eigenvalue weighted by molar-refractivity contribution is -0.109.